The first-order valence-electron chi connectivity index (χ1n) is 7.27. The first-order chi connectivity index (χ1) is 12.2. The largest absolute Gasteiger partial charge is 0.506 e. The zero-order valence-electron chi connectivity index (χ0n) is 12.6. The van der Waals surface area contributed by atoms with Crippen molar-refractivity contribution in [3.8, 4) is 5.75 Å². The molecule has 0 amide bonds. The van der Waals surface area contributed by atoms with E-state index in [1.54, 1.807) is 36.4 Å². The van der Waals surface area contributed by atoms with Crippen LogP contribution in [0.2, 0.25) is 0 Å². The number of rotatable bonds is 4. The molecule has 2 aromatic carbocycles. The molecular weight excluding hydrogens is 327 g/mol. The van der Waals surface area contributed by atoms with Crippen LogP contribution in [0.5, 0.6) is 5.75 Å². The molecule has 0 fully saturated rings. The Kier molecular flexibility index (Phi) is 3.58. The summed E-state index contributed by atoms with van der Waals surface area (Å²) >= 11 is 0. The number of hydrogen-bond acceptors (Lipinski definition) is 8. The van der Waals surface area contributed by atoms with E-state index in [4.69, 9.17) is 0 Å². The highest BCUT2D eigenvalue weighted by Gasteiger charge is 2.14. The van der Waals surface area contributed by atoms with Crippen LogP contribution in [0.1, 0.15) is 0 Å². The molecule has 4 rings (SSSR count). The Morgan fingerprint density at radius 1 is 0.840 bits per heavy atom. The zero-order valence-corrected chi connectivity index (χ0v) is 12.6. The molecule has 0 aliphatic heterocycles. The summed E-state index contributed by atoms with van der Waals surface area (Å²) in [4.78, 5) is 8.60. The Morgan fingerprint density at radius 2 is 1.48 bits per heavy atom. The van der Waals surface area contributed by atoms with E-state index in [0.29, 0.717) is 23.0 Å². The van der Waals surface area contributed by atoms with Crippen molar-refractivity contribution in [1.29, 1.82) is 0 Å². The number of para-hydroxylation sites is 2. The SMILES string of the molecule is Oc1ccccc1Nc1nc2nonc2nc1Nc1ccc(F)cc1. The molecule has 0 saturated carbocycles. The third-order valence-corrected chi connectivity index (χ3v) is 3.38. The number of fused-ring (bicyclic) bond motifs is 1. The molecule has 0 atom stereocenters. The minimum atomic E-state index is -0.347. The molecule has 0 unspecified atom stereocenters. The lowest BCUT2D eigenvalue weighted by molar-refractivity contribution is 0.314. The Balaban J connectivity index is 1.75. The number of nitrogens with one attached hydrogen (secondary N) is 2. The van der Waals surface area contributed by atoms with Gasteiger partial charge in [-0.25, -0.2) is 19.0 Å². The maximum absolute atomic E-state index is 13.1. The second-order valence-electron chi connectivity index (χ2n) is 5.11. The number of nitrogens with zero attached hydrogens (tertiary/aromatic N) is 4. The van der Waals surface area contributed by atoms with Gasteiger partial charge in [-0.05, 0) is 46.7 Å². The van der Waals surface area contributed by atoms with Crippen molar-refractivity contribution < 1.29 is 14.1 Å². The van der Waals surface area contributed by atoms with E-state index in [0.717, 1.165) is 0 Å². The lowest BCUT2D eigenvalue weighted by Crippen LogP contribution is -2.03. The molecular formula is C16H11FN6O2. The van der Waals surface area contributed by atoms with Gasteiger partial charge in [0.25, 0.3) is 0 Å². The molecule has 2 heterocycles. The molecule has 0 radical (unpaired) electrons. The monoisotopic (exact) mass is 338 g/mol. The number of phenolic OH excluding ortho intramolecular Hbond substituents is 1. The molecule has 4 aromatic rings. The number of aromatic hydroxyl groups is 1. The first-order valence-corrected chi connectivity index (χ1v) is 7.27. The molecule has 3 N–H and O–H groups in total. The topological polar surface area (TPSA) is 109 Å². The number of phenols is 1. The summed E-state index contributed by atoms with van der Waals surface area (Å²) in [6.45, 7) is 0. The number of halogens is 1. The summed E-state index contributed by atoms with van der Waals surface area (Å²) < 4.78 is 17.7. The summed E-state index contributed by atoms with van der Waals surface area (Å²) in [5, 5.41) is 23.3. The average molecular weight is 338 g/mol. The van der Waals surface area contributed by atoms with Crippen molar-refractivity contribution in [3.05, 3.63) is 54.3 Å². The van der Waals surface area contributed by atoms with Crippen LogP contribution in [-0.4, -0.2) is 25.4 Å². The van der Waals surface area contributed by atoms with E-state index in [2.05, 4.69) is 35.5 Å². The van der Waals surface area contributed by atoms with Crippen molar-refractivity contribution in [1.82, 2.24) is 20.3 Å². The molecule has 25 heavy (non-hydrogen) atoms. The van der Waals surface area contributed by atoms with E-state index in [-0.39, 0.29) is 22.9 Å². The maximum Gasteiger partial charge on any atom is 0.245 e. The summed E-state index contributed by atoms with van der Waals surface area (Å²) in [6, 6.07) is 12.5. The molecule has 2 aromatic heterocycles. The molecule has 0 aliphatic carbocycles. The van der Waals surface area contributed by atoms with Crippen molar-refractivity contribution >= 4 is 34.3 Å². The van der Waals surface area contributed by atoms with Gasteiger partial charge in [0.15, 0.2) is 11.6 Å². The van der Waals surface area contributed by atoms with Crippen LogP contribution >= 0.6 is 0 Å². The van der Waals surface area contributed by atoms with Crippen LogP contribution < -0.4 is 10.6 Å². The zero-order chi connectivity index (χ0) is 17.2. The van der Waals surface area contributed by atoms with Crippen molar-refractivity contribution in [2.75, 3.05) is 10.6 Å². The van der Waals surface area contributed by atoms with Gasteiger partial charge >= 0.3 is 0 Å². The normalized spacial score (nSPS) is 10.8. The summed E-state index contributed by atoms with van der Waals surface area (Å²) in [5.41, 5.74) is 1.47. The van der Waals surface area contributed by atoms with Crippen molar-refractivity contribution in [2.45, 2.75) is 0 Å². The van der Waals surface area contributed by atoms with E-state index in [9.17, 15) is 9.50 Å². The second-order valence-corrected chi connectivity index (χ2v) is 5.11. The van der Waals surface area contributed by atoms with Gasteiger partial charge in [-0.2, -0.15) is 0 Å². The van der Waals surface area contributed by atoms with Crippen LogP contribution in [-0.2, 0) is 0 Å². The highest BCUT2D eigenvalue weighted by Crippen LogP contribution is 2.30. The third-order valence-electron chi connectivity index (χ3n) is 3.38. The Hall–Kier alpha value is -3.75. The number of anilines is 4. The molecule has 124 valence electrons. The fourth-order valence-electron chi connectivity index (χ4n) is 2.19. The van der Waals surface area contributed by atoms with Gasteiger partial charge < -0.3 is 15.7 Å². The molecule has 0 aliphatic rings. The van der Waals surface area contributed by atoms with Gasteiger partial charge in [0.1, 0.15) is 11.6 Å². The standard InChI is InChI=1S/C16H11FN6O2/c17-9-5-7-10(8-6-9)18-13-14(19-11-3-1-2-4-12(11)24)21-16-15(20-13)22-25-23-16/h1-8,24H,(H,18,20,22)(H,19,21,23). The summed E-state index contributed by atoms with van der Waals surface area (Å²) in [7, 11) is 0. The van der Waals surface area contributed by atoms with Crippen molar-refractivity contribution in [3.63, 3.8) is 0 Å². The minimum Gasteiger partial charge on any atom is -0.506 e. The quantitative estimate of drug-likeness (QED) is 0.486. The lowest BCUT2D eigenvalue weighted by Gasteiger charge is -2.12. The Labute approximate surface area is 140 Å². The van der Waals surface area contributed by atoms with Gasteiger partial charge in [-0.3, -0.25) is 0 Å². The number of hydrogen-bond donors (Lipinski definition) is 3. The van der Waals surface area contributed by atoms with Crippen molar-refractivity contribution in [2.24, 2.45) is 0 Å². The Morgan fingerprint density at radius 3 is 2.16 bits per heavy atom. The maximum atomic E-state index is 13.1. The highest BCUT2D eigenvalue weighted by molar-refractivity contribution is 5.80. The fraction of sp³-hybridized carbons (Fsp3) is 0. The minimum absolute atomic E-state index is 0.0513. The first kappa shape index (κ1) is 14.8. The summed E-state index contributed by atoms with van der Waals surface area (Å²) in [6.07, 6.45) is 0. The fourth-order valence-corrected chi connectivity index (χ4v) is 2.19. The van der Waals surface area contributed by atoms with Gasteiger partial charge in [-0.15, -0.1) is 0 Å². The van der Waals surface area contributed by atoms with E-state index in [1.165, 1.54) is 12.1 Å². The van der Waals surface area contributed by atoms with Crippen LogP contribution in [0, 0.1) is 5.82 Å². The molecule has 0 spiro atoms. The van der Waals surface area contributed by atoms with E-state index < -0.39 is 0 Å². The van der Waals surface area contributed by atoms with E-state index in [1.807, 2.05) is 0 Å². The number of benzene rings is 2. The predicted molar refractivity (Wildman–Crippen MR) is 88.5 cm³/mol. The van der Waals surface area contributed by atoms with Crippen LogP contribution in [0.4, 0.5) is 27.4 Å². The van der Waals surface area contributed by atoms with Gasteiger partial charge in [0, 0.05) is 5.69 Å². The van der Waals surface area contributed by atoms with Crippen LogP contribution in [0.3, 0.4) is 0 Å². The molecule has 9 heteroatoms. The average Bonchev–Trinajstić information content (AvgIpc) is 3.06. The van der Waals surface area contributed by atoms with Gasteiger partial charge in [0.05, 0.1) is 5.69 Å². The van der Waals surface area contributed by atoms with E-state index >= 15 is 0 Å². The van der Waals surface area contributed by atoms with Crippen LogP contribution in [0.15, 0.2) is 53.2 Å². The molecule has 0 saturated heterocycles. The highest BCUT2D eigenvalue weighted by atomic mass is 19.1. The second kappa shape index (κ2) is 6.04. The predicted octanol–water partition coefficient (Wildman–Crippen LogP) is 3.34. The van der Waals surface area contributed by atoms with Gasteiger partial charge in [0.2, 0.25) is 11.3 Å². The molecule has 0 bridgehead atoms. The molecule has 8 nitrogen and oxygen atoms in total. The van der Waals surface area contributed by atoms with Crippen LogP contribution in [0.25, 0.3) is 11.3 Å². The summed E-state index contributed by atoms with van der Waals surface area (Å²) in [5.74, 6) is 0.322. The Bertz CT molecular complexity index is 1030. The number of aromatic nitrogens is 4. The lowest BCUT2D eigenvalue weighted by atomic mass is 10.3. The smallest absolute Gasteiger partial charge is 0.245 e. The van der Waals surface area contributed by atoms with Gasteiger partial charge in [-0.1, -0.05) is 12.1 Å². The third kappa shape index (κ3) is 3.02.